The van der Waals surface area contributed by atoms with Crippen molar-refractivity contribution in [1.82, 2.24) is 0 Å². The summed E-state index contributed by atoms with van der Waals surface area (Å²) in [7, 11) is 1.46. The molecule has 0 heterocycles. The molecule has 5 N–H and O–H groups in total. The van der Waals surface area contributed by atoms with Gasteiger partial charge in [-0.15, -0.1) is 0 Å². The average Bonchev–Trinajstić information content (AvgIpc) is 2.46. The predicted octanol–water partition coefficient (Wildman–Crippen LogP) is 1.63. The van der Waals surface area contributed by atoms with Crippen molar-refractivity contribution in [3.05, 3.63) is 53.6 Å². The lowest BCUT2D eigenvalue weighted by molar-refractivity contribution is 0.0995. The Bertz CT molecular complexity index is 698. The van der Waals surface area contributed by atoms with Gasteiger partial charge in [0.25, 0.3) is 5.91 Å². The lowest BCUT2D eigenvalue weighted by Crippen LogP contribution is -2.16. The number of methoxy groups -OCH3 is 1. The average molecular weight is 285 g/mol. The lowest BCUT2D eigenvalue weighted by atomic mass is 10.1. The third-order valence-electron chi connectivity index (χ3n) is 2.91. The molecule has 0 saturated heterocycles. The molecule has 0 aromatic heterocycles. The minimum absolute atomic E-state index is 0.240. The van der Waals surface area contributed by atoms with Crippen LogP contribution in [-0.4, -0.2) is 18.9 Å². The Morgan fingerprint density at radius 2 is 1.86 bits per heavy atom. The number of nitrogen functional groups attached to an aromatic ring is 1. The van der Waals surface area contributed by atoms with E-state index in [4.69, 9.17) is 16.2 Å². The van der Waals surface area contributed by atoms with E-state index >= 15 is 0 Å². The quantitative estimate of drug-likeness (QED) is 0.742. The van der Waals surface area contributed by atoms with Crippen molar-refractivity contribution in [3.63, 3.8) is 0 Å². The normalized spacial score (nSPS) is 9.95. The molecule has 6 nitrogen and oxygen atoms in total. The highest BCUT2D eigenvalue weighted by atomic mass is 16.5. The van der Waals surface area contributed by atoms with Crippen LogP contribution in [0.1, 0.15) is 20.7 Å². The molecule has 2 amide bonds. The molecule has 2 aromatic carbocycles. The maximum Gasteiger partial charge on any atom is 0.261 e. The molecular formula is C15H15N3O3. The van der Waals surface area contributed by atoms with Gasteiger partial charge in [0, 0.05) is 16.9 Å². The van der Waals surface area contributed by atoms with Crippen molar-refractivity contribution in [2.24, 2.45) is 5.73 Å². The van der Waals surface area contributed by atoms with Gasteiger partial charge in [-0.05, 0) is 30.3 Å². The summed E-state index contributed by atoms with van der Waals surface area (Å²) in [5, 5.41) is 2.66. The Labute approximate surface area is 121 Å². The molecule has 0 aliphatic heterocycles. The topological polar surface area (TPSA) is 107 Å². The summed E-state index contributed by atoms with van der Waals surface area (Å²) in [6, 6.07) is 11.3. The molecule has 0 aliphatic rings. The van der Waals surface area contributed by atoms with E-state index in [1.807, 2.05) is 0 Å². The second-order valence-electron chi connectivity index (χ2n) is 4.32. The zero-order chi connectivity index (χ0) is 15.4. The fourth-order valence-corrected chi connectivity index (χ4v) is 1.91. The van der Waals surface area contributed by atoms with Crippen molar-refractivity contribution < 1.29 is 14.3 Å². The van der Waals surface area contributed by atoms with Gasteiger partial charge in [-0.1, -0.05) is 12.1 Å². The van der Waals surface area contributed by atoms with Crippen LogP contribution in [0.5, 0.6) is 5.75 Å². The molecule has 0 radical (unpaired) electrons. The molecule has 2 rings (SSSR count). The molecule has 0 unspecified atom stereocenters. The summed E-state index contributed by atoms with van der Waals surface area (Å²) in [4.78, 5) is 23.4. The third-order valence-corrected chi connectivity index (χ3v) is 2.91. The van der Waals surface area contributed by atoms with Gasteiger partial charge in [0.05, 0.1) is 7.11 Å². The Morgan fingerprint density at radius 3 is 2.52 bits per heavy atom. The molecule has 0 fully saturated rings. The highest BCUT2D eigenvalue weighted by Crippen LogP contribution is 2.25. The first-order valence-electron chi connectivity index (χ1n) is 6.16. The first-order chi connectivity index (χ1) is 10.0. The minimum atomic E-state index is -0.567. The number of primary amides is 1. The number of anilines is 2. The third kappa shape index (κ3) is 3.11. The van der Waals surface area contributed by atoms with Crippen LogP contribution in [0.15, 0.2) is 42.5 Å². The predicted molar refractivity (Wildman–Crippen MR) is 80.3 cm³/mol. The molecule has 0 bridgehead atoms. The number of ether oxygens (including phenoxy) is 1. The summed E-state index contributed by atoms with van der Waals surface area (Å²) in [5.74, 6) is -0.618. The molecule has 0 aliphatic carbocycles. The van der Waals surface area contributed by atoms with E-state index in [2.05, 4.69) is 5.32 Å². The number of benzene rings is 2. The highest BCUT2D eigenvalue weighted by molar-refractivity contribution is 6.10. The van der Waals surface area contributed by atoms with Gasteiger partial charge in [-0.25, -0.2) is 0 Å². The molecule has 108 valence electrons. The fourth-order valence-electron chi connectivity index (χ4n) is 1.91. The van der Waals surface area contributed by atoms with Gasteiger partial charge in [0.2, 0.25) is 5.91 Å². The van der Waals surface area contributed by atoms with Crippen molar-refractivity contribution in [1.29, 1.82) is 0 Å². The van der Waals surface area contributed by atoms with Gasteiger partial charge in [0.1, 0.15) is 11.3 Å². The van der Waals surface area contributed by atoms with Gasteiger partial charge >= 0.3 is 0 Å². The van der Waals surface area contributed by atoms with E-state index in [0.29, 0.717) is 22.7 Å². The van der Waals surface area contributed by atoms with Crippen LogP contribution in [0.4, 0.5) is 11.4 Å². The van der Waals surface area contributed by atoms with Crippen LogP contribution in [0.2, 0.25) is 0 Å². The first kappa shape index (κ1) is 14.4. The molecule has 2 aromatic rings. The number of carbonyl (C=O) groups is 2. The second-order valence-corrected chi connectivity index (χ2v) is 4.32. The smallest absolute Gasteiger partial charge is 0.261 e. The minimum Gasteiger partial charge on any atom is -0.496 e. The Balaban J connectivity index is 2.30. The molecule has 21 heavy (non-hydrogen) atoms. The maximum atomic E-state index is 12.3. The van der Waals surface area contributed by atoms with E-state index in [0.717, 1.165) is 0 Å². The van der Waals surface area contributed by atoms with Crippen LogP contribution in [-0.2, 0) is 0 Å². The zero-order valence-electron chi connectivity index (χ0n) is 11.4. The van der Waals surface area contributed by atoms with Crippen molar-refractivity contribution in [2.45, 2.75) is 0 Å². The standard InChI is InChI=1S/C15H15N3O3/c1-21-12-7-3-6-11(16)13(12)15(20)18-10-5-2-4-9(8-10)14(17)19/h2-8H,16H2,1H3,(H2,17,19)(H,18,20). The number of amides is 2. The van der Waals surface area contributed by atoms with Crippen LogP contribution in [0.25, 0.3) is 0 Å². The lowest BCUT2D eigenvalue weighted by Gasteiger charge is -2.11. The summed E-state index contributed by atoms with van der Waals surface area (Å²) < 4.78 is 5.13. The van der Waals surface area contributed by atoms with Crippen LogP contribution >= 0.6 is 0 Å². The number of hydrogen-bond acceptors (Lipinski definition) is 4. The number of rotatable bonds is 4. The molecule has 6 heteroatoms. The van der Waals surface area contributed by atoms with E-state index in [-0.39, 0.29) is 5.56 Å². The monoisotopic (exact) mass is 285 g/mol. The number of carbonyl (C=O) groups excluding carboxylic acids is 2. The first-order valence-corrected chi connectivity index (χ1v) is 6.16. The Morgan fingerprint density at radius 1 is 1.14 bits per heavy atom. The highest BCUT2D eigenvalue weighted by Gasteiger charge is 2.16. The summed E-state index contributed by atoms with van der Waals surface area (Å²) in [5.41, 5.74) is 12.3. The summed E-state index contributed by atoms with van der Waals surface area (Å²) in [6.45, 7) is 0. The van der Waals surface area contributed by atoms with Crippen LogP contribution in [0.3, 0.4) is 0 Å². The zero-order valence-corrected chi connectivity index (χ0v) is 11.4. The largest absolute Gasteiger partial charge is 0.496 e. The van der Waals surface area contributed by atoms with E-state index in [9.17, 15) is 9.59 Å². The number of nitrogens with one attached hydrogen (secondary N) is 1. The van der Waals surface area contributed by atoms with Crippen molar-refractivity contribution in [2.75, 3.05) is 18.2 Å². The summed E-state index contributed by atoms with van der Waals surface area (Å²) >= 11 is 0. The molecular weight excluding hydrogens is 270 g/mol. The van der Waals surface area contributed by atoms with Crippen molar-refractivity contribution in [3.8, 4) is 5.75 Å². The molecule has 0 saturated carbocycles. The van der Waals surface area contributed by atoms with E-state index in [1.54, 1.807) is 36.4 Å². The van der Waals surface area contributed by atoms with Gasteiger partial charge < -0.3 is 21.5 Å². The Kier molecular flexibility index (Phi) is 4.08. The maximum absolute atomic E-state index is 12.3. The van der Waals surface area contributed by atoms with E-state index in [1.165, 1.54) is 13.2 Å². The molecule has 0 spiro atoms. The SMILES string of the molecule is COc1cccc(N)c1C(=O)Nc1cccc(C(N)=O)c1. The molecule has 0 atom stereocenters. The number of hydrogen-bond donors (Lipinski definition) is 3. The van der Waals surface area contributed by atoms with Crippen LogP contribution in [0, 0.1) is 0 Å². The second kappa shape index (κ2) is 5.96. The van der Waals surface area contributed by atoms with Gasteiger partial charge in [-0.2, -0.15) is 0 Å². The van der Waals surface area contributed by atoms with E-state index < -0.39 is 11.8 Å². The van der Waals surface area contributed by atoms with Crippen LogP contribution < -0.4 is 21.5 Å². The Hall–Kier alpha value is -3.02. The fraction of sp³-hybridized carbons (Fsp3) is 0.0667. The summed E-state index contributed by atoms with van der Waals surface area (Å²) in [6.07, 6.45) is 0. The number of nitrogens with two attached hydrogens (primary N) is 2. The van der Waals surface area contributed by atoms with Gasteiger partial charge in [-0.3, -0.25) is 9.59 Å². The van der Waals surface area contributed by atoms with Gasteiger partial charge in [0.15, 0.2) is 0 Å². The van der Waals surface area contributed by atoms with Crippen molar-refractivity contribution >= 4 is 23.2 Å².